The summed E-state index contributed by atoms with van der Waals surface area (Å²) in [5.41, 5.74) is 1.63. The number of nitrogens with one attached hydrogen (secondary N) is 2. The van der Waals surface area contributed by atoms with Crippen molar-refractivity contribution >= 4 is 15.9 Å². The van der Waals surface area contributed by atoms with E-state index in [9.17, 15) is 13.2 Å². The van der Waals surface area contributed by atoms with E-state index >= 15 is 0 Å². The molecule has 0 spiro atoms. The first-order valence-electron chi connectivity index (χ1n) is 7.45. The third kappa shape index (κ3) is 4.91. The lowest BCUT2D eigenvalue weighted by molar-refractivity contribution is 0.0954. The molecule has 0 heterocycles. The van der Waals surface area contributed by atoms with Gasteiger partial charge in [0.25, 0.3) is 5.91 Å². The molecular formula is C17H20N2O3S. The Labute approximate surface area is 136 Å². The van der Waals surface area contributed by atoms with Crippen LogP contribution in [0.2, 0.25) is 0 Å². The van der Waals surface area contributed by atoms with Gasteiger partial charge >= 0.3 is 0 Å². The molecule has 0 aromatic heterocycles. The molecule has 1 amide bonds. The number of hydrogen-bond acceptors (Lipinski definition) is 3. The minimum atomic E-state index is -3.55. The molecule has 2 aromatic rings. The van der Waals surface area contributed by atoms with E-state index in [4.69, 9.17) is 0 Å². The smallest absolute Gasteiger partial charge is 0.251 e. The Morgan fingerprint density at radius 3 is 2.22 bits per heavy atom. The van der Waals surface area contributed by atoms with Crippen molar-refractivity contribution in [3.05, 3.63) is 65.7 Å². The Morgan fingerprint density at radius 1 is 0.957 bits per heavy atom. The van der Waals surface area contributed by atoms with Crippen LogP contribution in [0.1, 0.15) is 22.8 Å². The zero-order chi connectivity index (χ0) is 16.7. The Bertz CT molecular complexity index is 741. The predicted octanol–water partition coefficient (Wildman–Crippen LogP) is 1.96. The number of carbonyl (C=O) groups is 1. The normalized spacial score (nSPS) is 11.2. The lowest BCUT2D eigenvalue weighted by Crippen LogP contribution is -2.34. The van der Waals surface area contributed by atoms with Gasteiger partial charge in [-0.2, -0.15) is 0 Å². The van der Waals surface area contributed by atoms with Gasteiger partial charge in [-0.1, -0.05) is 37.3 Å². The summed E-state index contributed by atoms with van der Waals surface area (Å²) in [6, 6.07) is 15.6. The molecule has 0 radical (unpaired) electrons. The van der Waals surface area contributed by atoms with Crippen molar-refractivity contribution in [2.45, 2.75) is 18.2 Å². The summed E-state index contributed by atoms with van der Waals surface area (Å²) >= 11 is 0. The van der Waals surface area contributed by atoms with Gasteiger partial charge in [0.15, 0.2) is 0 Å². The van der Waals surface area contributed by atoms with E-state index in [0.717, 1.165) is 12.0 Å². The zero-order valence-corrected chi connectivity index (χ0v) is 13.8. The SMILES string of the molecule is CCc1ccc(S(=O)(=O)NCCNC(=O)c2ccccc2)cc1. The molecule has 23 heavy (non-hydrogen) atoms. The maximum absolute atomic E-state index is 12.1. The summed E-state index contributed by atoms with van der Waals surface area (Å²) in [6.45, 7) is 2.37. The van der Waals surface area contributed by atoms with Gasteiger partial charge in [-0.05, 0) is 36.2 Å². The van der Waals surface area contributed by atoms with Crippen LogP contribution in [0, 0.1) is 0 Å². The maximum Gasteiger partial charge on any atom is 0.251 e. The summed E-state index contributed by atoms with van der Waals surface area (Å²) in [4.78, 5) is 12.0. The number of rotatable bonds is 7. The van der Waals surface area contributed by atoms with Gasteiger partial charge in [0.2, 0.25) is 10.0 Å². The molecule has 6 heteroatoms. The van der Waals surface area contributed by atoms with E-state index in [0.29, 0.717) is 5.56 Å². The minimum absolute atomic E-state index is 0.135. The molecule has 0 unspecified atom stereocenters. The molecule has 0 aliphatic rings. The Kier molecular flexibility index (Phi) is 5.90. The monoisotopic (exact) mass is 332 g/mol. The summed E-state index contributed by atoms with van der Waals surface area (Å²) in [5, 5.41) is 2.68. The second-order valence-electron chi connectivity index (χ2n) is 5.02. The van der Waals surface area contributed by atoms with Gasteiger partial charge in [-0.25, -0.2) is 13.1 Å². The highest BCUT2D eigenvalue weighted by Crippen LogP contribution is 2.10. The third-order valence-electron chi connectivity index (χ3n) is 3.38. The van der Waals surface area contributed by atoms with Gasteiger partial charge in [0.1, 0.15) is 0 Å². The Hall–Kier alpha value is -2.18. The second-order valence-corrected chi connectivity index (χ2v) is 6.78. The van der Waals surface area contributed by atoms with Crippen molar-refractivity contribution in [2.24, 2.45) is 0 Å². The molecule has 0 saturated heterocycles. The van der Waals surface area contributed by atoms with Crippen molar-refractivity contribution < 1.29 is 13.2 Å². The van der Waals surface area contributed by atoms with Crippen LogP contribution in [0.25, 0.3) is 0 Å². The average molecular weight is 332 g/mol. The first kappa shape index (κ1) is 17.2. The Balaban J connectivity index is 1.84. The minimum Gasteiger partial charge on any atom is -0.351 e. The largest absolute Gasteiger partial charge is 0.351 e. The molecule has 0 saturated carbocycles. The van der Waals surface area contributed by atoms with Crippen LogP contribution in [-0.4, -0.2) is 27.4 Å². The molecule has 2 rings (SSSR count). The summed E-state index contributed by atoms with van der Waals surface area (Å²) in [7, 11) is -3.55. The van der Waals surface area contributed by atoms with E-state index in [2.05, 4.69) is 10.0 Å². The second kappa shape index (κ2) is 7.89. The highest BCUT2D eigenvalue weighted by atomic mass is 32.2. The molecule has 0 aliphatic carbocycles. The molecular weight excluding hydrogens is 312 g/mol. The number of sulfonamides is 1. The van der Waals surface area contributed by atoms with Gasteiger partial charge < -0.3 is 5.32 Å². The molecule has 122 valence electrons. The molecule has 5 nitrogen and oxygen atoms in total. The lowest BCUT2D eigenvalue weighted by atomic mass is 10.2. The predicted molar refractivity (Wildman–Crippen MR) is 89.8 cm³/mol. The highest BCUT2D eigenvalue weighted by molar-refractivity contribution is 7.89. The van der Waals surface area contributed by atoms with E-state index in [1.54, 1.807) is 48.5 Å². The van der Waals surface area contributed by atoms with Crippen LogP contribution in [-0.2, 0) is 16.4 Å². The van der Waals surface area contributed by atoms with Gasteiger partial charge in [-0.3, -0.25) is 4.79 Å². The lowest BCUT2D eigenvalue weighted by Gasteiger charge is -2.08. The van der Waals surface area contributed by atoms with Crippen molar-refractivity contribution in [3.63, 3.8) is 0 Å². The third-order valence-corrected chi connectivity index (χ3v) is 4.86. The standard InChI is InChI=1S/C17H20N2O3S/c1-2-14-8-10-16(11-9-14)23(21,22)19-13-12-18-17(20)15-6-4-3-5-7-15/h3-11,19H,2,12-13H2,1H3,(H,18,20). The van der Waals surface area contributed by atoms with Crippen LogP contribution >= 0.6 is 0 Å². The van der Waals surface area contributed by atoms with Crippen molar-refractivity contribution in [3.8, 4) is 0 Å². The molecule has 0 aliphatic heterocycles. The first-order valence-corrected chi connectivity index (χ1v) is 8.93. The van der Waals surface area contributed by atoms with E-state index in [-0.39, 0.29) is 23.9 Å². The summed E-state index contributed by atoms with van der Waals surface area (Å²) in [6.07, 6.45) is 0.860. The van der Waals surface area contributed by atoms with E-state index in [1.807, 2.05) is 13.0 Å². The van der Waals surface area contributed by atoms with Crippen molar-refractivity contribution in [1.82, 2.24) is 10.0 Å². The maximum atomic E-state index is 12.1. The number of hydrogen-bond donors (Lipinski definition) is 2. The Morgan fingerprint density at radius 2 is 1.61 bits per heavy atom. The van der Waals surface area contributed by atoms with Crippen molar-refractivity contribution in [2.75, 3.05) is 13.1 Å². The summed E-state index contributed by atoms with van der Waals surface area (Å²) < 4.78 is 26.7. The van der Waals surface area contributed by atoms with E-state index < -0.39 is 10.0 Å². The quantitative estimate of drug-likeness (QED) is 0.761. The highest BCUT2D eigenvalue weighted by Gasteiger charge is 2.13. The molecule has 2 N–H and O–H groups in total. The number of amides is 1. The fourth-order valence-corrected chi connectivity index (χ4v) is 3.07. The molecule has 0 bridgehead atoms. The zero-order valence-electron chi connectivity index (χ0n) is 13.0. The van der Waals surface area contributed by atoms with Gasteiger partial charge in [0.05, 0.1) is 4.90 Å². The number of benzene rings is 2. The first-order chi connectivity index (χ1) is 11.0. The number of carbonyl (C=O) groups excluding carboxylic acids is 1. The van der Waals surface area contributed by atoms with Gasteiger partial charge in [0, 0.05) is 18.7 Å². The van der Waals surface area contributed by atoms with Crippen LogP contribution < -0.4 is 10.0 Å². The molecule has 0 atom stereocenters. The van der Waals surface area contributed by atoms with Gasteiger partial charge in [-0.15, -0.1) is 0 Å². The molecule has 2 aromatic carbocycles. The van der Waals surface area contributed by atoms with Crippen LogP contribution in [0.5, 0.6) is 0 Å². The van der Waals surface area contributed by atoms with Crippen LogP contribution in [0.4, 0.5) is 0 Å². The number of aryl methyl sites for hydroxylation is 1. The fourth-order valence-electron chi connectivity index (χ4n) is 2.04. The topological polar surface area (TPSA) is 75.3 Å². The summed E-state index contributed by atoms with van der Waals surface area (Å²) in [5.74, 6) is -0.225. The van der Waals surface area contributed by atoms with Crippen LogP contribution in [0.15, 0.2) is 59.5 Å². The van der Waals surface area contributed by atoms with E-state index in [1.165, 1.54) is 0 Å². The van der Waals surface area contributed by atoms with Crippen molar-refractivity contribution in [1.29, 1.82) is 0 Å². The fraction of sp³-hybridized carbons (Fsp3) is 0.235. The molecule has 0 fully saturated rings. The van der Waals surface area contributed by atoms with Crippen LogP contribution in [0.3, 0.4) is 0 Å². The average Bonchev–Trinajstić information content (AvgIpc) is 2.59.